The Balaban J connectivity index is 1.89. The maximum Gasteiger partial charge on any atom is 0.251 e. The van der Waals surface area contributed by atoms with Gasteiger partial charge in [0.05, 0.1) is 11.4 Å². The monoisotopic (exact) mass is 435 g/mol. The zero-order valence-corrected chi connectivity index (χ0v) is 15.8. The lowest BCUT2D eigenvalue weighted by Crippen LogP contribution is -2.58. The zero-order valence-electron chi connectivity index (χ0n) is 12.6. The Morgan fingerprint density at radius 3 is 2.60 bits per heavy atom. The first-order valence-electron chi connectivity index (χ1n) is 7.20. The average Bonchev–Trinajstić information content (AvgIpc) is 2.56. The van der Waals surface area contributed by atoms with E-state index < -0.39 is 17.7 Å². The number of aliphatic imine (C=N–C) groups is 1. The molecule has 1 aliphatic heterocycles. The Labute approximate surface area is 162 Å². The normalized spacial score (nSPS) is 17.9. The van der Waals surface area contributed by atoms with Crippen molar-refractivity contribution in [1.82, 2.24) is 5.32 Å². The fraction of sp³-hybridized carbons (Fsp3) is 0.0588. The van der Waals surface area contributed by atoms with Gasteiger partial charge in [-0.05, 0) is 54.7 Å². The summed E-state index contributed by atoms with van der Waals surface area (Å²) in [7, 11) is 0. The van der Waals surface area contributed by atoms with E-state index in [9.17, 15) is 9.59 Å². The molecule has 25 heavy (non-hydrogen) atoms. The van der Waals surface area contributed by atoms with E-state index in [1.165, 1.54) is 11.1 Å². The predicted molar refractivity (Wildman–Crippen MR) is 105 cm³/mol. The summed E-state index contributed by atoms with van der Waals surface area (Å²) in [5, 5.41) is 3.10. The first kappa shape index (κ1) is 17.7. The standard InChI is InChI=1S/C17H11BrClN3O2S/c18-10-2-1-3-12(8-10)20-9-14-15(23)21-17(25)22(16(14)24)13-6-4-11(19)5-7-13/h1-9,14H,(H,21,23,25)/t14-/m0/s1. The molecule has 1 saturated heterocycles. The molecule has 0 saturated carbocycles. The van der Waals surface area contributed by atoms with Gasteiger partial charge in [0.2, 0.25) is 5.91 Å². The third kappa shape index (κ3) is 3.95. The van der Waals surface area contributed by atoms with Gasteiger partial charge in [-0.2, -0.15) is 0 Å². The van der Waals surface area contributed by atoms with Crippen molar-refractivity contribution in [2.24, 2.45) is 10.9 Å². The molecule has 0 unspecified atom stereocenters. The largest absolute Gasteiger partial charge is 0.301 e. The van der Waals surface area contributed by atoms with Crippen molar-refractivity contribution in [1.29, 1.82) is 0 Å². The minimum absolute atomic E-state index is 0.0319. The number of thiocarbonyl (C=S) groups is 1. The Morgan fingerprint density at radius 2 is 1.92 bits per heavy atom. The number of carbonyl (C=O) groups is 2. The number of carbonyl (C=O) groups excluding carboxylic acids is 2. The van der Waals surface area contributed by atoms with Crippen LogP contribution < -0.4 is 10.2 Å². The third-order valence-electron chi connectivity index (χ3n) is 3.47. The molecule has 2 aromatic carbocycles. The van der Waals surface area contributed by atoms with Crippen LogP contribution in [0.4, 0.5) is 11.4 Å². The first-order chi connectivity index (χ1) is 12.0. The number of hydrogen-bond donors (Lipinski definition) is 1. The maximum atomic E-state index is 12.8. The Morgan fingerprint density at radius 1 is 1.20 bits per heavy atom. The van der Waals surface area contributed by atoms with Crippen LogP contribution in [0.15, 0.2) is 58.0 Å². The second kappa shape index (κ2) is 7.43. The van der Waals surface area contributed by atoms with E-state index in [0.29, 0.717) is 16.4 Å². The molecule has 0 radical (unpaired) electrons. The summed E-state index contributed by atoms with van der Waals surface area (Å²) in [4.78, 5) is 30.4. The van der Waals surface area contributed by atoms with Crippen molar-refractivity contribution in [3.63, 3.8) is 0 Å². The van der Waals surface area contributed by atoms with Crippen LogP contribution in [0, 0.1) is 5.92 Å². The number of nitrogens with zero attached hydrogens (tertiary/aromatic N) is 2. The molecular formula is C17H11BrClN3O2S. The van der Waals surface area contributed by atoms with Gasteiger partial charge in [0.15, 0.2) is 11.0 Å². The molecule has 1 heterocycles. The van der Waals surface area contributed by atoms with Crippen LogP contribution in [-0.4, -0.2) is 23.1 Å². The fourth-order valence-electron chi connectivity index (χ4n) is 2.27. The van der Waals surface area contributed by atoms with E-state index >= 15 is 0 Å². The maximum absolute atomic E-state index is 12.8. The highest BCUT2D eigenvalue weighted by Gasteiger charge is 2.38. The molecule has 0 bridgehead atoms. The van der Waals surface area contributed by atoms with E-state index in [1.54, 1.807) is 36.4 Å². The molecule has 126 valence electrons. The Hall–Kier alpha value is -2.09. The quantitative estimate of drug-likeness (QED) is 0.451. The second-order valence-electron chi connectivity index (χ2n) is 5.18. The van der Waals surface area contributed by atoms with Crippen molar-refractivity contribution in [2.75, 3.05) is 4.90 Å². The van der Waals surface area contributed by atoms with Crippen molar-refractivity contribution in [2.45, 2.75) is 0 Å². The number of amides is 2. The van der Waals surface area contributed by atoms with Crippen LogP contribution in [-0.2, 0) is 9.59 Å². The summed E-state index contributed by atoms with van der Waals surface area (Å²) < 4.78 is 0.852. The molecule has 5 nitrogen and oxygen atoms in total. The fourth-order valence-corrected chi connectivity index (χ4v) is 3.08. The first-order valence-corrected chi connectivity index (χ1v) is 8.78. The molecule has 2 amide bonds. The molecule has 8 heteroatoms. The van der Waals surface area contributed by atoms with Crippen molar-refractivity contribution in [3.8, 4) is 0 Å². The van der Waals surface area contributed by atoms with Crippen molar-refractivity contribution >= 4 is 74.3 Å². The number of halogens is 2. The summed E-state index contributed by atoms with van der Waals surface area (Å²) >= 11 is 14.4. The van der Waals surface area contributed by atoms with Gasteiger partial charge in [0.1, 0.15) is 0 Å². The lowest BCUT2D eigenvalue weighted by atomic mass is 10.1. The molecule has 0 spiro atoms. The molecular weight excluding hydrogens is 426 g/mol. The van der Waals surface area contributed by atoms with Gasteiger partial charge in [-0.15, -0.1) is 0 Å². The smallest absolute Gasteiger partial charge is 0.251 e. The van der Waals surface area contributed by atoms with Gasteiger partial charge in [0.25, 0.3) is 5.91 Å². The SMILES string of the molecule is O=C1NC(=S)N(c2ccc(Cl)cc2)C(=O)[C@H]1C=Nc1cccc(Br)c1. The van der Waals surface area contributed by atoms with E-state index in [4.69, 9.17) is 23.8 Å². The summed E-state index contributed by atoms with van der Waals surface area (Å²) in [6.07, 6.45) is 1.32. The van der Waals surface area contributed by atoms with Crippen LogP contribution in [0.1, 0.15) is 0 Å². The number of hydrogen-bond acceptors (Lipinski definition) is 4. The van der Waals surface area contributed by atoms with Gasteiger partial charge < -0.3 is 5.32 Å². The Kier molecular flexibility index (Phi) is 5.27. The zero-order chi connectivity index (χ0) is 18.0. The van der Waals surface area contributed by atoms with Gasteiger partial charge in [0, 0.05) is 15.7 Å². The topological polar surface area (TPSA) is 61.8 Å². The van der Waals surface area contributed by atoms with Crippen LogP contribution in [0.3, 0.4) is 0 Å². The number of anilines is 1. The van der Waals surface area contributed by atoms with E-state index in [0.717, 1.165) is 4.47 Å². The number of nitrogens with one attached hydrogen (secondary N) is 1. The molecule has 1 N–H and O–H groups in total. The van der Waals surface area contributed by atoms with Gasteiger partial charge in [-0.3, -0.25) is 19.5 Å². The molecule has 1 atom stereocenters. The highest BCUT2D eigenvalue weighted by atomic mass is 79.9. The predicted octanol–water partition coefficient (Wildman–Crippen LogP) is 3.87. The van der Waals surface area contributed by atoms with E-state index in [-0.39, 0.29) is 5.11 Å². The van der Waals surface area contributed by atoms with Crippen LogP contribution >= 0.6 is 39.7 Å². The molecule has 0 aromatic heterocycles. The van der Waals surface area contributed by atoms with Gasteiger partial charge in [-0.25, -0.2) is 0 Å². The third-order valence-corrected chi connectivity index (χ3v) is 4.50. The average molecular weight is 437 g/mol. The minimum Gasteiger partial charge on any atom is -0.301 e. The highest BCUT2D eigenvalue weighted by molar-refractivity contribution is 9.10. The lowest BCUT2D eigenvalue weighted by molar-refractivity contribution is -0.130. The molecule has 1 aliphatic rings. The minimum atomic E-state index is -1.07. The highest BCUT2D eigenvalue weighted by Crippen LogP contribution is 2.23. The molecule has 2 aromatic rings. The number of rotatable bonds is 3. The van der Waals surface area contributed by atoms with Crippen molar-refractivity contribution < 1.29 is 9.59 Å². The van der Waals surface area contributed by atoms with Crippen LogP contribution in [0.2, 0.25) is 5.02 Å². The Bertz CT molecular complexity index is 886. The van der Waals surface area contributed by atoms with Crippen LogP contribution in [0.5, 0.6) is 0 Å². The summed E-state index contributed by atoms with van der Waals surface area (Å²) in [5.74, 6) is -2.03. The molecule has 3 rings (SSSR count). The number of benzene rings is 2. The van der Waals surface area contributed by atoms with Gasteiger partial charge in [-0.1, -0.05) is 33.6 Å². The lowest BCUT2D eigenvalue weighted by Gasteiger charge is -2.30. The van der Waals surface area contributed by atoms with Crippen molar-refractivity contribution in [3.05, 3.63) is 58.0 Å². The molecule has 0 aliphatic carbocycles. The second-order valence-corrected chi connectivity index (χ2v) is 6.92. The summed E-state index contributed by atoms with van der Waals surface area (Å²) in [6.45, 7) is 0. The summed E-state index contributed by atoms with van der Waals surface area (Å²) in [6, 6.07) is 13.8. The summed E-state index contributed by atoms with van der Waals surface area (Å²) in [5.41, 5.74) is 1.15. The van der Waals surface area contributed by atoms with Crippen LogP contribution in [0.25, 0.3) is 0 Å². The van der Waals surface area contributed by atoms with E-state index in [2.05, 4.69) is 26.2 Å². The van der Waals surface area contributed by atoms with E-state index in [1.807, 2.05) is 12.1 Å². The molecule has 1 fully saturated rings. The van der Waals surface area contributed by atoms with Gasteiger partial charge >= 0.3 is 0 Å².